The number of aromatic nitrogens is 4. The van der Waals surface area contributed by atoms with Crippen LogP contribution in [0.5, 0.6) is 0 Å². The first kappa shape index (κ1) is 23.3. The van der Waals surface area contributed by atoms with E-state index in [1.165, 1.54) is 10.1 Å². The van der Waals surface area contributed by atoms with Crippen LogP contribution in [0.3, 0.4) is 0 Å². The molecule has 1 aliphatic rings. The Labute approximate surface area is 192 Å². The number of hydrogen-bond donors (Lipinski definition) is 2. The maximum Gasteiger partial charge on any atom is 0.329 e. The number of fused-ring (bicyclic) bond motifs is 1. The largest absolute Gasteiger partial charge is 0.389 e. The summed E-state index contributed by atoms with van der Waals surface area (Å²) in [5.41, 5.74) is 0.957. The molecule has 33 heavy (non-hydrogen) atoms. The van der Waals surface area contributed by atoms with Crippen molar-refractivity contribution >= 4 is 17.1 Å². The topological polar surface area (TPSA) is 105 Å². The van der Waals surface area contributed by atoms with Crippen molar-refractivity contribution in [1.82, 2.24) is 19.1 Å². The third-order valence-corrected chi connectivity index (χ3v) is 6.27. The number of H-pyrrole nitrogens is 1. The third-order valence-electron chi connectivity index (χ3n) is 6.27. The second-order valence-electron chi connectivity index (χ2n) is 9.17. The highest BCUT2D eigenvalue weighted by Crippen LogP contribution is 2.27. The molecule has 1 unspecified atom stereocenters. The second kappa shape index (κ2) is 9.93. The fraction of sp³-hybridized carbons (Fsp3) is 0.542. The zero-order valence-electron chi connectivity index (χ0n) is 19.5. The maximum atomic E-state index is 12.7. The Morgan fingerprint density at radius 2 is 1.88 bits per heavy atom. The van der Waals surface area contributed by atoms with E-state index in [9.17, 15) is 14.7 Å². The molecule has 0 radical (unpaired) electrons. The van der Waals surface area contributed by atoms with Crippen molar-refractivity contribution in [3.63, 3.8) is 0 Å². The highest BCUT2D eigenvalue weighted by atomic mass is 16.5. The predicted molar refractivity (Wildman–Crippen MR) is 128 cm³/mol. The summed E-state index contributed by atoms with van der Waals surface area (Å²) < 4.78 is 8.63. The van der Waals surface area contributed by atoms with Gasteiger partial charge in [-0.3, -0.25) is 14.3 Å². The zero-order chi connectivity index (χ0) is 23.5. The summed E-state index contributed by atoms with van der Waals surface area (Å²) in [7, 11) is 1.59. The summed E-state index contributed by atoms with van der Waals surface area (Å²) in [4.78, 5) is 34.1. The van der Waals surface area contributed by atoms with E-state index < -0.39 is 17.4 Å². The lowest BCUT2D eigenvalue weighted by Gasteiger charge is -2.33. The Morgan fingerprint density at radius 1 is 1.18 bits per heavy atom. The first-order valence-electron chi connectivity index (χ1n) is 11.6. The van der Waals surface area contributed by atoms with E-state index in [0.29, 0.717) is 23.0 Å². The number of piperidine rings is 1. The van der Waals surface area contributed by atoms with Crippen LogP contribution in [0.2, 0.25) is 0 Å². The molecule has 2 aromatic heterocycles. The summed E-state index contributed by atoms with van der Waals surface area (Å²) in [5.74, 6) is 1.19. The number of hydrogen-bond acceptors (Lipinski definition) is 6. The van der Waals surface area contributed by atoms with Crippen LogP contribution in [0, 0.1) is 5.92 Å². The summed E-state index contributed by atoms with van der Waals surface area (Å²) in [5, 5.41) is 10.6. The smallest absolute Gasteiger partial charge is 0.329 e. The van der Waals surface area contributed by atoms with Crippen molar-refractivity contribution in [2.24, 2.45) is 13.0 Å². The molecule has 9 nitrogen and oxygen atoms in total. The number of imidazole rings is 1. The summed E-state index contributed by atoms with van der Waals surface area (Å²) in [6, 6.07) is 10.5. The number of nitrogens with one attached hydrogen (secondary N) is 1. The Balaban J connectivity index is 1.60. The molecule has 1 atom stereocenters. The molecular formula is C24H33N5O4. The van der Waals surface area contributed by atoms with E-state index in [2.05, 4.69) is 34.1 Å². The molecule has 3 aromatic rings. The number of rotatable bonds is 8. The molecule has 1 fully saturated rings. The minimum Gasteiger partial charge on any atom is -0.389 e. The molecule has 0 saturated carbocycles. The zero-order valence-corrected chi connectivity index (χ0v) is 19.5. The normalized spacial score (nSPS) is 16.1. The number of aromatic amines is 1. The van der Waals surface area contributed by atoms with Crippen LogP contribution in [-0.4, -0.2) is 56.1 Å². The Kier molecular flexibility index (Phi) is 6.99. The molecule has 0 spiro atoms. The van der Waals surface area contributed by atoms with E-state index in [-0.39, 0.29) is 19.3 Å². The SMILES string of the molecule is CC(C)OCC(O)Cn1c(N2CCC(Cc3ccccc3)CC2)nc2c1c(=O)[nH]c(=O)n2C. The Hall–Kier alpha value is -2.91. The van der Waals surface area contributed by atoms with Gasteiger partial charge in [-0.15, -0.1) is 0 Å². The molecule has 0 aliphatic carbocycles. The van der Waals surface area contributed by atoms with Crippen molar-refractivity contribution < 1.29 is 9.84 Å². The van der Waals surface area contributed by atoms with E-state index in [0.717, 1.165) is 32.4 Å². The van der Waals surface area contributed by atoms with Gasteiger partial charge in [0.15, 0.2) is 11.2 Å². The van der Waals surface area contributed by atoms with Crippen molar-refractivity contribution in [3.8, 4) is 0 Å². The minimum atomic E-state index is -0.809. The van der Waals surface area contributed by atoms with Crippen molar-refractivity contribution in [2.75, 3.05) is 24.6 Å². The van der Waals surface area contributed by atoms with Crippen molar-refractivity contribution in [3.05, 3.63) is 56.7 Å². The average molecular weight is 456 g/mol. The van der Waals surface area contributed by atoms with Gasteiger partial charge < -0.3 is 19.3 Å². The summed E-state index contributed by atoms with van der Waals surface area (Å²) in [6.45, 7) is 5.72. The molecule has 178 valence electrons. The summed E-state index contributed by atoms with van der Waals surface area (Å²) in [6.07, 6.45) is 2.24. The van der Waals surface area contributed by atoms with E-state index in [1.807, 2.05) is 19.9 Å². The van der Waals surface area contributed by atoms with Crippen molar-refractivity contribution in [2.45, 2.75) is 51.9 Å². The Morgan fingerprint density at radius 3 is 2.55 bits per heavy atom. The number of aliphatic hydroxyl groups excluding tert-OH is 1. The highest BCUT2D eigenvalue weighted by molar-refractivity contribution is 5.74. The van der Waals surface area contributed by atoms with Gasteiger partial charge in [-0.2, -0.15) is 4.98 Å². The molecule has 1 aromatic carbocycles. The van der Waals surface area contributed by atoms with Gasteiger partial charge >= 0.3 is 5.69 Å². The van der Waals surface area contributed by atoms with Gasteiger partial charge in [0.25, 0.3) is 5.56 Å². The van der Waals surface area contributed by atoms with Gasteiger partial charge in [-0.25, -0.2) is 4.79 Å². The number of benzene rings is 1. The number of aliphatic hydroxyl groups is 1. The first-order valence-corrected chi connectivity index (χ1v) is 11.6. The molecule has 0 amide bonds. The predicted octanol–water partition coefficient (Wildman–Crippen LogP) is 1.67. The molecule has 0 bridgehead atoms. The van der Waals surface area contributed by atoms with E-state index in [4.69, 9.17) is 9.72 Å². The van der Waals surface area contributed by atoms with Gasteiger partial charge in [0.2, 0.25) is 5.95 Å². The minimum absolute atomic E-state index is 0.00785. The molecule has 9 heteroatoms. The van der Waals surface area contributed by atoms with Crippen LogP contribution < -0.4 is 16.1 Å². The molecular weight excluding hydrogens is 422 g/mol. The average Bonchev–Trinajstić information content (AvgIpc) is 3.17. The molecule has 3 heterocycles. The van der Waals surface area contributed by atoms with Crippen LogP contribution >= 0.6 is 0 Å². The lowest BCUT2D eigenvalue weighted by Crippen LogP contribution is -2.37. The fourth-order valence-electron chi connectivity index (χ4n) is 4.49. The van der Waals surface area contributed by atoms with Gasteiger partial charge in [0, 0.05) is 20.1 Å². The number of aryl methyl sites for hydroxylation is 1. The third kappa shape index (κ3) is 5.20. The van der Waals surface area contributed by atoms with Crippen LogP contribution in [0.1, 0.15) is 32.3 Å². The van der Waals surface area contributed by atoms with Crippen molar-refractivity contribution in [1.29, 1.82) is 0 Å². The van der Waals surface area contributed by atoms with Gasteiger partial charge in [-0.1, -0.05) is 30.3 Å². The lowest BCUT2D eigenvalue weighted by atomic mass is 9.90. The Bertz CT molecular complexity index is 1190. The van der Waals surface area contributed by atoms with Gasteiger partial charge in [-0.05, 0) is 44.6 Å². The number of anilines is 1. The quantitative estimate of drug-likeness (QED) is 0.535. The second-order valence-corrected chi connectivity index (χ2v) is 9.17. The molecule has 4 rings (SSSR count). The maximum absolute atomic E-state index is 12.7. The number of nitrogens with zero attached hydrogens (tertiary/aromatic N) is 4. The van der Waals surface area contributed by atoms with E-state index in [1.54, 1.807) is 11.6 Å². The molecule has 1 aliphatic heterocycles. The first-order chi connectivity index (χ1) is 15.8. The highest BCUT2D eigenvalue weighted by Gasteiger charge is 2.27. The van der Waals surface area contributed by atoms with Gasteiger partial charge in [0.05, 0.1) is 25.4 Å². The lowest BCUT2D eigenvalue weighted by molar-refractivity contribution is -0.000191. The van der Waals surface area contributed by atoms with Crippen LogP contribution in [-0.2, 0) is 24.8 Å². The standard InChI is InChI=1S/C24H33N5O4/c1-16(2)33-15-19(30)14-29-20-21(27(3)24(32)26-22(20)31)25-23(29)28-11-9-18(10-12-28)13-17-7-5-4-6-8-17/h4-8,16,18-19,30H,9-15H2,1-3H3,(H,26,31,32). The van der Waals surface area contributed by atoms with Crippen LogP contribution in [0.4, 0.5) is 5.95 Å². The molecule has 1 saturated heterocycles. The number of ether oxygens (including phenoxy) is 1. The fourth-order valence-corrected chi connectivity index (χ4v) is 4.49. The van der Waals surface area contributed by atoms with Crippen LogP contribution in [0.15, 0.2) is 39.9 Å². The molecule has 2 N–H and O–H groups in total. The van der Waals surface area contributed by atoms with Crippen LogP contribution in [0.25, 0.3) is 11.2 Å². The van der Waals surface area contributed by atoms with Gasteiger partial charge in [0.1, 0.15) is 0 Å². The monoisotopic (exact) mass is 455 g/mol. The van der Waals surface area contributed by atoms with E-state index >= 15 is 0 Å². The summed E-state index contributed by atoms with van der Waals surface area (Å²) >= 11 is 0.